The van der Waals surface area contributed by atoms with Gasteiger partial charge in [0.2, 0.25) is 0 Å². The summed E-state index contributed by atoms with van der Waals surface area (Å²) in [7, 11) is 0. The van der Waals surface area contributed by atoms with Gasteiger partial charge in [-0.25, -0.2) is 0 Å². The van der Waals surface area contributed by atoms with E-state index >= 15 is 0 Å². The van der Waals surface area contributed by atoms with E-state index in [2.05, 4.69) is 283 Å². The van der Waals surface area contributed by atoms with Crippen LogP contribution in [0.1, 0.15) is 74.9 Å². The summed E-state index contributed by atoms with van der Waals surface area (Å²) in [6, 6.07) is 53.1. The van der Waals surface area contributed by atoms with E-state index in [0.717, 1.165) is 22.4 Å². The molecule has 6 heteroatoms. The molecule has 0 atom stereocenters. The van der Waals surface area contributed by atoms with Crippen molar-refractivity contribution in [3.05, 3.63) is 206 Å². The minimum atomic E-state index is 0.0226. The molecule has 12 rings (SSSR count). The molecule has 312 valence electrons. The minimum Gasteiger partial charge on any atom is -0.0616 e. The molecule has 0 spiro atoms. The molecule has 9 aromatic carbocycles. The maximum Gasteiger partial charge on any atom is 0.0260 e. The van der Waals surface area contributed by atoms with Crippen LogP contribution in [0.3, 0.4) is 0 Å². The normalized spacial score (nSPS) is 15.0. The van der Waals surface area contributed by atoms with E-state index in [4.69, 9.17) is 0 Å². The van der Waals surface area contributed by atoms with Crippen molar-refractivity contribution in [2.75, 3.05) is 0 Å². The van der Waals surface area contributed by atoms with Gasteiger partial charge in [0.15, 0.2) is 0 Å². The van der Waals surface area contributed by atoms with Crippen LogP contribution in [0.25, 0.3) is 65.7 Å². The smallest absolute Gasteiger partial charge is 0.0260 e. The SMILES string of the molecule is CC1(C)c2cc(Br)ccc2-c2cc(Br)c3ccccc3c21.CC1(C)c2cc(Br)ccc2-c2cc3ccc(Br)cc3cc21.CC1(C)c2cc(Br)ccc2-c2ccc3cc(Br)ccc3c21. The third-order valence-corrected chi connectivity index (χ3v) is 16.8. The van der Waals surface area contributed by atoms with Crippen molar-refractivity contribution >= 4 is 128 Å². The number of halogens is 6. The Morgan fingerprint density at radius 2 is 0.714 bits per heavy atom. The Hall–Kier alpha value is -3.36. The second kappa shape index (κ2) is 15.9. The van der Waals surface area contributed by atoms with E-state index in [9.17, 15) is 0 Å². The molecular formula is C57H42Br6. The number of hydrogen-bond donors (Lipinski definition) is 0. The highest BCUT2D eigenvalue weighted by Gasteiger charge is 2.39. The molecule has 9 aromatic rings. The lowest BCUT2D eigenvalue weighted by atomic mass is 9.80. The van der Waals surface area contributed by atoms with E-state index < -0.39 is 0 Å². The number of rotatable bonds is 0. The predicted octanol–water partition coefficient (Wildman–Crippen LogP) is 20.0. The Morgan fingerprint density at radius 3 is 1.33 bits per heavy atom. The molecule has 0 bridgehead atoms. The van der Waals surface area contributed by atoms with Crippen LogP contribution in [-0.4, -0.2) is 0 Å². The van der Waals surface area contributed by atoms with Gasteiger partial charge in [-0.2, -0.15) is 0 Å². The van der Waals surface area contributed by atoms with E-state index in [1.165, 1.54) is 104 Å². The van der Waals surface area contributed by atoms with Gasteiger partial charge in [0.05, 0.1) is 0 Å². The molecule has 0 aromatic heterocycles. The third kappa shape index (κ3) is 7.20. The number of hydrogen-bond acceptors (Lipinski definition) is 0. The van der Waals surface area contributed by atoms with Crippen LogP contribution >= 0.6 is 95.6 Å². The van der Waals surface area contributed by atoms with Gasteiger partial charge in [0.1, 0.15) is 0 Å². The first-order valence-corrected chi connectivity index (χ1v) is 25.8. The highest BCUT2D eigenvalue weighted by atomic mass is 79.9. The summed E-state index contributed by atoms with van der Waals surface area (Å²) < 4.78 is 6.87. The molecule has 0 heterocycles. The maximum atomic E-state index is 3.75. The second-order valence-corrected chi connectivity index (χ2v) is 23.9. The molecule has 63 heavy (non-hydrogen) atoms. The molecule has 0 saturated heterocycles. The molecule has 0 saturated carbocycles. The second-order valence-electron chi connectivity index (χ2n) is 18.5. The van der Waals surface area contributed by atoms with Crippen LogP contribution < -0.4 is 0 Å². The fourth-order valence-corrected chi connectivity index (χ4v) is 13.1. The zero-order chi connectivity index (χ0) is 44.3. The number of benzene rings is 9. The molecule has 0 radical (unpaired) electrons. The molecule has 0 aliphatic heterocycles. The first-order chi connectivity index (χ1) is 29.9. The molecule has 0 N–H and O–H groups in total. The van der Waals surface area contributed by atoms with Gasteiger partial charge in [0.25, 0.3) is 0 Å². The maximum absolute atomic E-state index is 3.75. The highest BCUT2D eigenvalue weighted by molar-refractivity contribution is 9.11. The van der Waals surface area contributed by atoms with Crippen molar-refractivity contribution < 1.29 is 0 Å². The summed E-state index contributed by atoms with van der Waals surface area (Å²) in [5, 5.41) is 7.87. The zero-order valence-corrected chi connectivity index (χ0v) is 45.1. The van der Waals surface area contributed by atoms with Crippen LogP contribution in [0.5, 0.6) is 0 Å². The first-order valence-electron chi connectivity index (χ1n) is 21.0. The lowest BCUT2D eigenvalue weighted by Gasteiger charge is -2.23. The van der Waals surface area contributed by atoms with Crippen LogP contribution in [0.2, 0.25) is 0 Å². The van der Waals surface area contributed by atoms with Crippen molar-refractivity contribution in [2.24, 2.45) is 0 Å². The van der Waals surface area contributed by atoms with Crippen molar-refractivity contribution in [1.82, 2.24) is 0 Å². The lowest BCUT2D eigenvalue weighted by Crippen LogP contribution is -2.15. The average molecular weight is 1210 g/mol. The molecule has 0 fully saturated rings. The van der Waals surface area contributed by atoms with Crippen molar-refractivity contribution in [2.45, 2.75) is 57.8 Å². The van der Waals surface area contributed by atoms with E-state index in [1.807, 2.05) is 0 Å². The summed E-state index contributed by atoms with van der Waals surface area (Å²) in [6.45, 7) is 13.9. The average Bonchev–Trinajstić information content (AvgIpc) is 3.71. The Kier molecular flexibility index (Phi) is 11.0. The standard InChI is InChI=1S/3C19H14Br2/c1-19(2)17-10-13(21)5-8-15(17)16-6-3-11-9-12(20)4-7-14(11)18(16)19;1-19(2)17-9-12-7-13(20)4-3-11(12)8-16(17)15-6-5-14(21)10-18(15)19;1-19(2)16-9-11(20)7-8-12(16)15-10-17(21)13-5-3-4-6-14(13)18(15)19/h3*3-10H,1-2H3. The minimum absolute atomic E-state index is 0.0226. The Morgan fingerprint density at radius 1 is 0.286 bits per heavy atom. The van der Waals surface area contributed by atoms with Crippen LogP contribution in [0, 0.1) is 0 Å². The third-order valence-electron chi connectivity index (χ3n) is 13.7. The van der Waals surface area contributed by atoms with Gasteiger partial charge >= 0.3 is 0 Å². The van der Waals surface area contributed by atoms with Crippen LogP contribution in [-0.2, 0) is 16.2 Å². The van der Waals surface area contributed by atoms with E-state index in [1.54, 1.807) is 0 Å². The largest absolute Gasteiger partial charge is 0.0616 e. The van der Waals surface area contributed by atoms with Crippen LogP contribution in [0.15, 0.2) is 172 Å². The summed E-state index contributed by atoms with van der Waals surface area (Å²) in [5.41, 5.74) is 16.8. The van der Waals surface area contributed by atoms with Crippen molar-refractivity contribution in [3.63, 3.8) is 0 Å². The Bertz CT molecular complexity index is 3370. The van der Waals surface area contributed by atoms with Crippen molar-refractivity contribution in [1.29, 1.82) is 0 Å². The van der Waals surface area contributed by atoms with Crippen LogP contribution in [0.4, 0.5) is 0 Å². The molecular weight excluding hydrogens is 1160 g/mol. The highest BCUT2D eigenvalue weighted by Crippen LogP contribution is 2.55. The van der Waals surface area contributed by atoms with Gasteiger partial charge in [0, 0.05) is 43.1 Å². The van der Waals surface area contributed by atoms with Gasteiger partial charge in [-0.1, -0.05) is 204 Å². The molecule has 3 aliphatic rings. The van der Waals surface area contributed by atoms with Crippen molar-refractivity contribution in [3.8, 4) is 33.4 Å². The monoisotopic (exact) mass is 1200 g/mol. The Labute approximate surface area is 420 Å². The Balaban J connectivity index is 0.000000112. The molecule has 0 unspecified atom stereocenters. The van der Waals surface area contributed by atoms with E-state index in [-0.39, 0.29) is 16.2 Å². The summed E-state index contributed by atoms with van der Waals surface area (Å²) in [4.78, 5) is 0. The van der Waals surface area contributed by atoms with E-state index in [0.29, 0.717) is 0 Å². The topological polar surface area (TPSA) is 0 Å². The van der Waals surface area contributed by atoms with Gasteiger partial charge in [-0.05, 0) is 178 Å². The lowest BCUT2D eigenvalue weighted by molar-refractivity contribution is 0.661. The fraction of sp³-hybridized carbons (Fsp3) is 0.158. The zero-order valence-electron chi connectivity index (χ0n) is 35.6. The van der Waals surface area contributed by atoms with Gasteiger partial charge in [-0.15, -0.1) is 0 Å². The predicted molar refractivity (Wildman–Crippen MR) is 291 cm³/mol. The molecule has 0 nitrogen and oxygen atoms in total. The number of fused-ring (bicyclic) bond motifs is 14. The molecule has 3 aliphatic carbocycles. The quantitative estimate of drug-likeness (QED) is 0.142. The summed E-state index contributed by atoms with van der Waals surface area (Å²) in [5.74, 6) is 0. The van der Waals surface area contributed by atoms with Gasteiger partial charge < -0.3 is 0 Å². The first kappa shape index (κ1) is 43.5. The molecule has 0 amide bonds. The fourth-order valence-electron chi connectivity index (χ4n) is 10.6. The summed E-state index contributed by atoms with van der Waals surface area (Å²) >= 11 is 21.7. The summed E-state index contributed by atoms with van der Waals surface area (Å²) in [6.07, 6.45) is 0. The van der Waals surface area contributed by atoms with Gasteiger partial charge in [-0.3, -0.25) is 0 Å².